The van der Waals surface area contributed by atoms with Gasteiger partial charge in [-0.3, -0.25) is 9.59 Å². The minimum Gasteiger partial charge on any atom is -0.508 e. The van der Waals surface area contributed by atoms with E-state index in [1.807, 2.05) is 41.8 Å². The summed E-state index contributed by atoms with van der Waals surface area (Å²) in [6.45, 7) is 0.530. The van der Waals surface area contributed by atoms with Crippen molar-refractivity contribution in [2.24, 2.45) is 0 Å². The van der Waals surface area contributed by atoms with E-state index < -0.39 is 0 Å². The summed E-state index contributed by atoms with van der Waals surface area (Å²) in [6, 6.07) is 17.6. The number of aromatic hydroxyl groups is 1. The summed E-state index contributed by atoms with van der Waals surface area (Å²) in [5.41, 5.74) is 1.98. The normalized spacial score (nSPS) is 10.8. The lowest BCUT2D eigenvalue weighted by Gasteiger charge is -2.07. The number of carbonyl (C=O) groups is 2. The van der Waals surface area contributed by atoms with E-state index in [1.54, 1.807) is 23.1 Å². The molecule has 2 aromatic heterocycles. The lowest BCUT2D eigenvalue weighted by Crippen LogP contribution is -2.34. The van der Waals surface area contributed by atoms with E-state index in [9.17, 15) is 14.7 Å². The molecule has 2 heterocycles. The summed E-state index contributed by atoms with van der Waals surface area (Å²) >= 11 is 3.33. The number of nitrogens with one attached hydrogen (secondary N) is 2. The third-order valence-electron chi connectivity index (χ3n) is 4.58. The molecule has 31 heavy (non-hydrogen) atoms. The molecule has 2 aromatic carbocycles. The number of fused-ring (bicyclic) bond motifs is 1. The number of phenols is 1. The van der Waals surface area contributed by atoms with Crippen LogP contribution in [0.3, 0.4) is 0 Å². The van der Waals surface area contributed by atoms with Gasteiger partial charge in [0.1, 0.15) is 11.3 Å². The number of carbonyl (C=O) groups excluding carboxylic acids is 2. The van der Waals surface area contributed by atoms with Crippen LogP contribution in [0.15, 0.2) is 74.7 Å². The van der Waals surface area contributed by atoms with Crippen molar-refractivity contribution in [3.05, 3.63) is 82.9 Å². The van der Waals surface area contributed by atoms with Gasteiger partial charge in [0.2, 0.25) is 0 Å². The van der Waals surface area contributed by atoms with Crippen LogP contribution in [0.5, 0.6) is 5.75 Å². The number of thioether (sulfide) groups is 1. The van der Waals surface area contributed by atoms with E-state index >= 15 is 0 Å². The molecule has 4 aromatic rings. The molecule has 158 valence electrons. The zero-order valence-corrected chi connectivity index (χ0v) is 18.1. The molecular formula is C23H20N2O4S2. The van der Waals surface area contributed by atoms with Gasteiger partial charge in [-0.25, -0.2) is 0 Å². The molecule has 2 amide bonds. The van der Waals surface area contributed by atoms with Crippen molar-refractivity contribution in [2.45, 2.75) is 9.96 Å². The topological polar surface area (TPSA) is 91.6 Å². The average molecular weight is 453 g/mol. The standard InChI is InChI=1S/C23H20N2O4S2/c26-16-9-7-15(8-10-16)22(27)24-11-12-25-23(28)21-18(14-31-20-6-3-13-30-20)17-4-1-2-5-19(17)29-21/h1-10,13,26H,11-12,14H2,(H,24,27)(H,25,28). The Labute approximate surface area is 187 Å². The highest BCUT2D eigenvalue weighted by Crippen LogP contribution is 2.33. The molecule has 0 saturated heterocycles. The van der Waals surface area contributed by atoms with Crippen molar-refractivity contribution < 1.29 is 19.1 Å². The number of hydrogen-bond acceptors (Lipinski definition) is 6. The minimum atomic E-state index is -0.308. The van der Waals surface area contributed by atoms with Gasteiger partial charge in [-0.15, -0.1) is 23.1 Å². The molecule has 0 aliphatic carbocycles. The Balaban J connectivity index is 1.38. The van der Waals surface area contributed by atoms with Crippen LogP contribution in [0, 0.1) is 0 Å². The van der Waals surface area contributed by atoms with Gasteiger partial charge in [-0.05, 0) is 41.8 Å². The zero-order chi connectivity index (χ0) is 21.6. The minimum absolute atomic E-state index is 0.0997. The Morgan fingerprint density at radius 3 is 2.42 bits per heavy atom. The van der Waals surface area contributed by atoms with Gasteiger partial charge < -0.3 is 20.2 Å². The first-order chi connectivity index (χ1) is 15.1. The van der Waals surface area contributed by atoms with Gasteiger partial charge >= 0.3 is 0 Å². The van der Waals surface area contributed by atoms with E-state index in [-0.39, 0.29) is 30.7 Å². The molecular weight excluding hydrogens is 432 g/mol. The van der Waals surface area contributed by atoms with E-state index in [0.717, 1.165) is 10.9 Å². The van der Waals surface area contributed by atoms with E-state index in [2.05, 4.69) is 10.6 Å². The van der Waals surface area contributed by atoms with Crippen molar-refractivity contribution in [3.63, 3.8) is 0 Å². The number of phenolic OH excluding ortho intramolecular Hbond substituents is 1. The van der Waals surface area contributed by atoms with Gasteiger partial charge in [0.15, 0.2) is 5.76 Å². The third-order valence-corrected chi connectivity index (χ3v) is 6.74. The Hall–Kier alpha value is -3.23. The fourth-order valence-corrected chi connectivity index (χ4v) is 4.87. The van der Waals surface area contributed by atoms with Crippen LogP contribution in [-0.4, -0.2) is 30.0 Å². The smallest absolute Gasteiger partial charge is 0.287 e. The number of furan rings is 1. The maximum absolute atomic E-state index is 12.8. The molecule has 0 bridgehead atoms. The first-order valence-corrected chi connectivity index (χ1v) is 11.5. The van der Waals surface area contributed by atoms with Gasteiger partial charge in [-0.2, -0.15) is 0 Å². The number of rotatable bonds is 8. The van der Waals surface area contributed by atoms with Crippen molar-refractivity contribution in [1.82, 2.24) is 10.6 Å². The van der Waals surface area contributed by atoms with E-state index in [4.69, 9.17) is 4.42 Å². The first kappa shape index (κ1) is 21.0. The second-order valence-corrected chi connectivity index (χ2v) is 8.91. The van der Waals surface area contributed by atoms with Crippen LogP contribution >= 0.6 is 23.1 Å². The van der Waals surface area contributed by atoms with Gasteiger partial charge in [0, 0.05) is 35.4 Å². The molecule has 0 fully saturated rings. The molecule has 8 heteroatoms. The lowest BCUT2D eigenvalue weighted by atomic mass is 10.1. The second kappa shape index (κ2) is 9.72. The summed E-state index contributed by atoms with van der Waals surface area (Å²) < 4.78 is 7.03. The number of thiophene rings is 1. The van der Waals surface area contributed by atoms with Crippen molar-refractivity contribution in [3.8, 4) is 5.75 Å². The lowest BCUT2D eigenvalue weighted by molar-refractivity contribution is 0.0911. The molecule has 6 nitrogen and oxygen atoms in total. The van der Waals surface area contributed by atoms with Crippen molar-refractivity contribution in [1.29, 1.82) is 0 Å². The van der Waals surface area contributed by atoms with Crippen LogP contribution in [0.1, 0.15) is 26.5 Å². The fourth-order valence-electron chi connectivity index (χ4n) is 3.06. The number of benzene rings is 2. The Bertz CT molecular complexity index is 1180. The molecule has 0 radical (unpaired) electrons. The molecule has 0 aliphatic heterocycles. The Morgan fingerprint density at radius 2 is 1.68 bits per heavy atom. The molecule has 0 saturated carbocycles. The fraction of sp³-hybridized carbons (Fsp3) is 0.130. The van der Waals surface area contributed by atoms with Gasteiger partial charge in [0.05, 0.1) is 4.21 Å². The van der Waals surface area contributed by atoms with Gasteiger partial charge in [0.25, 0.3) is 11.8 Å². The molecule has 0 spiro atoms. The summed E-state index contributed by atoms with van der Waals surface area (Å²) in [7, 11) is 0. The highest BCUT2D eigenvalue weighted by Gasteiger charge is 2.20. The van der Waals surface area contributed by atoms with Crippen LogP contribution < -0.4 is 10.6 Å². The monoisotopic (exact) mass is 452 g/mol. The highest BCUT2D eigenvalue weighted by molar-refractivity contribution is 8.00. The SMILES string of the molecule is O=C(NCCNC(=O)c1oc2ccccc2c1CSc1cccs1)c1ccc(O)cc1. The Morgan fingerprint density at radius 1 is 0.935 bits per heavy atom. The quantitative estimate of drug-likeness (QED) is 0.267. The van der Waals surface area contributed by atoms with Crippen molar-refractivity contribution in [2.75, 3.05) is 13.1 Å². The Kier molecular flexibility index (Phi) is 6.59. The van der Waals surface area contributed by atoms with E-state index in [0.29, 0.717) is 22.7 Å². The zero-order valence-electron chi connectivity index (χ0n) is 16.5. The molecule has 0 aliphatic rings. The van der Waals surface area contributed by atoms with E-state index in [1.165, 1.54) is 28.5 Å². The number of para-hydroxylation sites is 1. The van der Waals surface area contributed by atoms with Crippen LogP contribution in [0.2, 0.25) is 0 Å². The maximum Gasteiger partial charge on any atom is 0.287 e. The largest absolute Gasteiger partial charge is 0.508 e. The molecule has 4 rings (SSSR count). The maximum atomic E-state index is 12.8. The molecule has 0 atom stereocenters. The van der Waals surface area contributed by atoms with Crippen LogP contribution in [0.4, 0.5) is 0 Å². The third kappa shape index (κ3) is 5.10. The average Bonchev–Trinajstić information content (AvgIpc) is 3.43. The van der Waals surface area contributed by atoms with Crippen LogP contribution in [-0.2, 0) is 5.75 Å². The second-order valence-electron chi connectivity index (χ2n) is 6.69. The van der Waals surface area contributed by atoms with Gasteiger partial charge in [-0.1, -0.05) is 24.3 Å². The summed E-state index contributed by atoms with van der Waals surface area (Å²) in [4.78, 5) is 24.9. The van der Waals surface area contributed by atoms with Crippen molar-refractivity contribution >= 4 is 45.9 Å². The first-order valence-electron chi connectivity index (χ1n) is 9.64. The molecule has 3 N–H and O–H groups in total. The number of hydrogen-bond donors (Lipinski definition) is 3. The number of amides is 2. The van der Waals surface area contributed by atoms with Crippen LogP contribution in [0.25, 0.3) is 11.0 Å². The summed E-state index contributed by atoms with van der Waals surface area (Å²) in [5.74, 6) is 0.443. The summed E-state index contributed by atoms with van der Waals surface area (Å²) in [5, 5.41) is 17.8. The summed E-state index contributed by atoms with van der Waals surface area (Å²) in [6.07, 6.45) is 0. The predicted octanol–water partition coefficient (Wildman–Crippen LogP) is 4.65. The molecule has 0 unspecified atom stereocenters. The predicted molar refractivity (Wildman–Crippen MR) is 123 cm³/mol. The highest BCUT2D eigenvalue weighted by atomic mass is 32.2.